The molecule has 1 aromatic carbocycles. The number of aromatic nitrogens is 2. The molecule has 0 amide bonds. The van der Waals surface area contributed by atoms with Crippen molar-refractivity contribution in [2.75, 3.05) is 18.6 Å². The van der Waals surface area contributed by atoms with Gasteiger partial charge >= 0.3 is 0 Å². The summed E-state index contributed by atoms with van der Waals surface area (Å²) in [6, 6.07) is 9.27. The molecule has 0 aliphatic carbocycles. The van der Waals surface area contributed by atoms with Crippen molar-refractivity contribution in [3.05, 3.63) is 35.7 Å². The minimum absolute atomic E-state index is 0.476. The van der Waals surface area contributed by atoms with Crippen molar-refractivity contribution in [3.8, 4) is 11.8 Å². The van der Waals surface area contributed by atoms with E-state index in [9.17, 15) is 0 Å². The summed E-state index contributed by atoms with van der Waals surface area (Å²) in [4.78, 5) is 0. The predicted octanol–water partition coefficient (Wildman–Crippen LogP) is 2.98. The van der Waals surface area contributed by atoms with Gasteiger partial charge in [-0.3, -0.25) is 0 Å². The molecule has 2 rings (SSSR count). The van der Waals surface area contributed by atoms with E-state index in [2.05, 4.69) is 16.3 Å². The third kappa shape index (κ3) is 4.18. The van der Waals surface area contributed by atoms with Gasteiger partial charge < -0.3 is 9.15 Å². The molecule has 7 heteroatoms. The van der Waals surface area contributed by atoms with Crippen LogP contribution in [0.1, 0.15) is 11.5 Å². The van der Waals surface area contributed by atoms with E-state index in [4.69, 9.17) is 14.4 Å². The standard InChI is InChI=1S/C13H13N3O2S2/c1-19-9-12-15-16-13(18-12)20-7-6-17-11-5-3-2-4-10(11)8-14/h2-5H,6-7,9H2,1H3. The summed E-state index contributed by atoms with van der Waals surface area (Å²) < 4.78 is 11.0. The monoisotopic (exact) mass is 307 g/mol. The molecule has 104 valence electrons. The maximum absolute atomic E-state index is 8.94. The van der Waals surface area contributed by atoms with Gasteiger partial charge in [-0.15, -0.1) is 10.2 Å². The quantitative estimate of drug-likeness (QED) is 0.575. The molecule has 0 saturated heterocycles. The first-order chi connectivity index (χ1) is 9.83. The van der Waals surface area contributed by atoms with Gasteiger partial charge in [-0.1, -0.05) is 23.9 Å². The van der Waals surface area contributed by atoms with E-state index < -0.39 is 0 Å². The average molecular weight is 307 g/mol. The molecule has 0 atom stereocenters. The lowest BCUT2D eigenvalue weighted by molar-refractivity contribution is 0.342. The smallest absolute Gasteiger partial charge is 0.276 e. The van der Waals surface area contributed by atoms with Gasteiger partial charge in [-0.05, 0) is 18.4 Å². The zero-order chi connectivity index (χ0) is 14.2. The van der Waals surface area contributed by atoms with Crippen molar-refractivity contribution in [2.45, 2.75) is 11.0 Å². The second-order valence-corrected chi connectivity index (χ2v) is 5.61. The van der Waals surface area contributed by atoms with Crippen molar-refractivity contribution in [2.24, 2.45) is 0 Å². The van der Waals surface area contributed by atoms with Crippen LogP contribution in [-0.4, -0.2) is 28.8 Å². The molecule has 0 unspecified atom stereocenters. The van der Waals surface area contributed by atoms with Gasteiger partial charge in [0.2, 0.25) is 5.89 Å². The molecule has 0 aliphatic rings. The number of rotatable bonds is 7. The fourth-order valence-corrected chi connectivity index (χ4v) is 2.40. The van der Waals surface area contributed by atoms with Crippen LogP contribution in [0.4, 0.5) is 0 Å². The second-order valence-electron chi connectivity index (χ2n) is 3.70. The summed E-state index contributed by atoms with van der Waals surface area (Å²) in [7, 11) is 0. The third-order valence-electron chi connectivity index (χ3n) is 2.29. The summed E-state index contributed by atoms with van der Waals surface area (Å²) in [5, 5.41) is 17.3. The predicted molar refractivity (Wildman–Crippen MR) is 78.9 cm³/mol. The molecule has 5 nitrogen and oxygen atoms in total. The number of hydrogen-bond donors (Lipinski definition) is 0. The highest BCUT2D eigenvalue weighted by Crippen LogP contribution is 2.20. The first-order valence-electron chi connectivity index (χ1n) is 5.89. The van der Waals surface area contributed by atoms with Crippen LogP contribution in [0.15, 0.2) is 33.9 Å². The Morgan fingerprint density at radius 3 is 3.00 bits per heavy atom. The number of benzene rings is 1. The van der Waals surface area contributed by atoms with Crippen molar-refractivity contribution < 1.29 is 9.15 Å². The second kappa shape index (κ2) is 7.82. The molecule has 20 heavy (non-hydrogen) atoms. The molecule has 0 fully saturated rings. The first kappa shape index (κ1) is 14.8. The van der Waals surface area contributed by atoms with Gasteiger partial charge in [0.25, 0.3) is 5.22 Å². The Hall–Kier alpha value is -1.65. The van der Waals surface area contributed by atoms with E-state index in [1.165, 1.54) is 11.8 Å². The van der Waals surface area contributed by atoms with Crippen LogP contribution in [0.3, 0.4) is 0 Å². The van der Waals surface area contributed by atoms with E-state index in [0.29, 0.717) is 34.8 Å². The lowest BCUT2D eigenvalue weighted by Crippen LogP contribution is -2.01. The summed E-state index contributed by atoms with van der Waals surface area (Å²) in [6.07, 6.45) is 1.98. The maximum Gasteiger partial charge on any atom is 0.276 e. The van der Waals surface area contributed by atoms with E-state index >= 15 is 0 Å². The number of thioether (sulfide) groups is 2. The summed E-state index contributed by atoms with van der Waals surface area (Å²) in [5.41, 5.74) is 0.539. The Morgan fingerprint density at radius 2 is 2.20 bits per heavy atom. The normalized spacial score (nSPS) is 10.2. The number of hydrogen-bond acceptors (Lipinski definition) is 7. The summed E-state index contributed by atoms with van der Waals surface area (Å²) in [6.45, 7) is 0.476. The molecule has 0 aliphatic heterocycles. The van der Waals surface area contributed by atoms with Crippen molar-refractivity contribution in [1.82, 2.24) is 10.2 Å². The lowest BCUT2D eigenvalue weighted by atomic mass is 10.2. The van der Waals surface area contributed by atoms with Gasteiger partial charge in [-0.25, -0.2) is 0 Å². The number of nitrogens with zero attached hydrogens (tertiary/aromatic N) is 3. The van der Waals surface area contributed by atoms with Crippen molar-refractivity contribution in [3.63, 3.8) is 0 Å². The number of nitriles is 1. The van der Waals surface area contributed by atoms with Crippen LogP contribution in [0, 0.1) is 11.3 Å². The van der Waals surface area contributed by atoms with Crippen molar-refractivity contribution in [1.29, 1.82) is 5.26 Å². The fraction of sp³-hybridized carbons (Fsp3) is 0.308. The van der Waals surface area contributed by atoms with Crippen LogP contribution < -0.4 is 4.74 Å². The van der Waals surface area contributed by atoms with Crippen LogP contribution in [0.25, 0.3) is 0 Å². The molecule has 1 heterocycles. The zero-order valence-electron chi connectivity index (χ0n) is 10.9. The highest BCUT2D eigenvalue weighted by Gasteiger charge is 2.06. The fourth-order valence-electron chi connectivity index (χ4n) is 1.44. The van der Waals surface area contributed by atoms with E-state index in [-0.39, 0.29) is 0 Å². The van der Waals surface area contributed by atoms with Gasteiger partial charge in [0.05, 0.1) is 17.9 Å². The molecule has 0 bridgehead atoms. The Morgan fingerprint density at radius 1 is 1.35 bits per heavy atom. The Balaban J connectivity index is 1.77. The van der Waals surface area contributed by atoms with Crippen LogP contribution >= 0.6 is 23.5 Å². The number of ether oxygens (including phenoxy) is 1. The van der Waals surface area contributed by atoms with Crippen molar-refractivity contribution >= 4 is 23.5 Å². The summed E-state index contributed by atoms with van der Waals surface area (Å²) in [5.74, 6) is 2.64. The Kier molecular flexibility index (Phi) is 5.77. The van der Waals surface area contributed by atoms with Crippen LogP contribution in [0.2, 0.25) is 0 Å². The molecule has 1 aromatic heterocycles. The molecule has 2 aromatic rings. The molecular weight excluding hydrogens is 294 g/mol. The molecule has 0 radical (unpaired) electrons. The van der Waals surface area contributed by atoms with E-state index in [1.807, 2.05) is 18.4 Å². The van der Waals surface area contributed by atoms with E-state index in [0.717, 1.165) is 5.75 Å². The molecule has 0 saturated carbocycles. The Bertz CT molecular complexity index is 595. The van der Waals surface area contributed by atoms with Gasteiger partial charge in [0, 0.05) is 5.75 Å². The first-order valence-corrected chi connectivity index (χ1v) is 8.27. The minimum atomic E-state index is 0.476. The minimum Gasteiger partial charge on any atom is -0.491 e. The molecular formula is C13H13N3O2S2. The highest BCUT2D eigenvalue weighted by molar-refractivity contribution is 7.99. The largest absolute Gasteiger partial charge is 0.491 e. The van der Waals surface area contributed by atoms with Gasteiger partial charge in [-0.2, -0.15) is 17.0 Å². The van der Waals surface area contributed by atoms with Gasteiger partial charge in [0.1, 0.15) is 11.8 Å². The zero-order valence-corrected chi connectivity index (χ0v) is 12.5. The third-order valence-corrected chi connectivity index (χ3v) is 3.61. The maximum atomic E-state index is 8.94. The SMILES string of the molecule is CSCc1nnc(SCCOc2ccccc2C#N)o1. The molecule has 0 spiro atoms. The number of para-hydroxylation sites is 1. The topological polar surface area (TPSA) is 71.9 Å². The molecule has 0 N–H and O–H groups in total. The van der Waals surface area contributed by atoms with Crippen LogP contribution in [-0.2, 0) is 5.75 Å². The lowest BCUT2D eigenvalue weighted by Gasteiger charge is -2.05. The van der Waals surface area contributed by atoms with Gasteiger partial charge in [0.15, 0.2) is 0 Å². The van der Waals surface area contributed by atoms with Crippen LogP contribution in [0.5, 0.6) is 5.75 Å². The highest BCUT2D eigenvalue weighted by atomic mass is 32.2. The van der Waals surface area contributed by atoms with E-state index in [1.54, 1.807) is 23.9 Å². The average Bonchev–Trinajstić information content (AvgIpc) is 2.92. The summed E-state index contributed by atoms with van der Waals surface area (Å²) >= 11 is 3.08. The Labute approximate surface area is 125 Å².